The number of hydrogen-bond donors (Lipinski definition) is 3. The van der Waals surface area contributed by atoms with Gasteiger partial charge in [0.25, 0.3) is 0 Å². The van der Waals surface area contributed by atoms with Crippen molar-refractivity contribution in [1.29, 1.82) is 0 Å². The molecular weight excluding hydrogens is 264 g/mol. The van der Waals surface area contributed by atoms with Gasteiger partial charge in [-0.05, 0) is 60.7 Å². The number of hydrogen-bond acceptors (Lipinski definition) is 4. The number of nitrogens with zero attached hydrogens (tertiary/aromatic N) is 1. The fourth-order valence-electron chi connectivity index (χ4n) is 1.99. The van der Waals surface area contributed by atoms with Crippen LogP contribution in [0.2, 0.25) is 0 Å². The van der Waals surface area contributed by atoms with E-state index in [0.29, 0.717) is 5.82 Å². The highest BCUT2D eigenvalue weighted by Gasteiger charge is 2.02. The van der Waals surface area contributed by atoms with Crippen LogP contribution in [0.3, 0.4) is 0 Å². The molecule has 0 spiro atoms. The highest BCUT2D eigenvalue weighted by atomic mass is 16.3. The van der Waals surface area contributed by atoms with Gasteiger partial charge in [-0.25, -0.2) is 4.98 Å². The topological polar surface area (TPSA) is 65.4 Å². The average Bonchev–Trinajstić information content (AvgIpc) is 2.51. The maximum Gasteiger partial charge on any atom is 0.131 e. The first-order valence-electron chi connectivity index (χ1n) is 6.53. The molecule has 0 radical (unpaired) electrons. The zero-order chi connectivity index (χ0) is 14.7. The van der Waals surface area contributed by atoms with Gasteiger partial charge in [0.2, 0.25) is 0 Å². The van der Waals surface area contributed by atoms with E-state index in [9.17, 15) is 10.2 Å². The van der Waals surface area contributed by atoms with Crippen LogP contribution in [-0.4, -0.2) is 15.2 Å². The molecule has 0 fully saturated rings. The van der Waals surface area contributed by atoms with Gasteiger partial charge < -0.3 is 15.5 Å². The van der Waals surface area contributed by atoms with E-state index in [-0.39, 0.29) is 11.5 Å². The van der Waals surface area contributed by atoms with Crippen LogP contribution < -0.4 is 5.32 Å². The number of aromatic nitrogens is 1. The standard InChI is InChI=1S/C17H14N2O2/c20-14-8-4-12(5-9-14)16-2-1-3-17(19-16)18-13-6-10-15(21)11-7-13/h1-11,20-21H,(H,18,19). The van der Waals surface area contributed by atoms with Crippen molar-refractivity contribution in [3.63, 3.8) is 0 Å². The molecule has 0 aliphatic rings. The minimum absolute atomic E-state index is 0.228. The van der Waals surface area contributed by atoms with E-state index in [1.807, 2.05) is 30.3 Å². The van der Waals surface area contributed by atoms with Gasteiger partial charge >= 0.3 is 0 Å². The van der Waals surface area contributed by atoms with E-state index in [1.54, 1.807) is 36.4 Å². The molecular formula is C17H14N2O2. The van der Waals surface area contributed by atoms with Crippen molar-refractivity contribution in [3.8, 4) is 22.8 Å². The molecule has 104 valence electrons. The van der Waals surface area contributed by atoms with Crippen LogP contribution in [0, 0.1) is 0 Å². The molecule has 0 amide bonds. The van der Waals surface area contributed by atoms with E-state index in [0.717, 1.165) is 16.9 Å². The zero-order valence-corrected chi connectivity index (χ0v) is 11.2. The molecule has 1 heterocycles. The van der Waals surface area contributed by atoms with Gasteiger partial charge in [0, 0.05) is 11.3 Å². The minimum atomic E-state index is 0.228. The second-order valence-corrected chi connectivity index (χ2v) is 4.63. The highest BCUT2D eigenvalue weighted by molar-refractivity contribution is 5.64. The van der Waals surface area contributed by atoms with Crippen molar-refractivity contribution >= 4 is 11.5 Å². The number of rotatable bonds is 3. The molecule has 21 heavy (non-hydrogen) atoms. The van der Waals surface area contributed by atoms with Gasteiger partial charge in [-0.2, -0.15) is 0 Å². The summed E-state index contributed by atoms with van der Waals surface area (Å²) in [5, 5.41) is 21.8. The molecule has 0 aliphatic heterocycles. The maximum atomic E-state index is 9.32. The Kier molecular flexibility index (Phi) is 3.43. The van der Waals surface area contributed by atoms with Crippen molar-refractivity contribution in [2.45, 2.75) is 0 Å². The average molecular weight is 278 g/mol. The SMILES string of the molecule is Oc1ccc(Nc2cccc(-c3ccc(O)cc3)n2)cc1. The van der Waals surface area contributed by atoms with Crippen molar-refractivity contribution < 1.29 is 10.2 Å². The Balaban J connectivity index is 1.86. The summed E-state index contributed by atoms with van der Waals surface area (Å²) < 4.78 is 0. The molecule has 3 rings (SSSR count). The van der Waals surface area contributed by atoms with Crippen LogP contribution in [0.4, 0.5) is 11.5 Å². The highest BCUT2D eigenvalue weighted by Crippen LogP contribution is 2.23. The van der Waals surface area contributed by atoms with E-state index >= 15 is 0 Å². The Labute approximate surface area is 122 Å². The monoisotopic (exact) mass is 278 g/mol. The summed E-state index contributed by atoms with van der Waals surface area (Å²) in [7, 11) is 0. The summed E-state index contributed by atoms with van der Waals surface area (Å²) in [6.07, 6.45) is 0. The molecule has 3 aromatic rings. The Morgan fingerprint density at radius 1 is 0.714 bits per heavy atom. The lowest BCUT2D eigenvalue weighted by Crippen LogP contribution is -1.94. The lowest BCUT2D eigenvalue weighted by Gasteiger charge is -2.08. The maximum absolute atomic E-state index is 9.32. The van der Waals surface area contributed by atoms with E-state index in [4.69, 9.17) is 0 Å². The molecule has 0 unspecified atom stereocenters. The number of benzene rings is 2. The van der Waals surface area contributed by atoms with Crippen LogP contribution in [0.25, 0.3) is 11.3 Å². The summed E-state index contributed by atoms with van der Waals surface area (Å²) >= 11 is 0. The van der Waals surface area contributed by atoms with E-state index < -0.39 is 0 Å². The normalized spacial score (nSPS) is 10.3. The number of anilines is 2. The third-order valence-electron chi connectivity index (χ3n) is 3.05. The predicted molar refractivity (Wildman–Crippen MR) is 82.7 cm³/mol. The predicted octanol–water partition coefficient (Wildman–Crippen LogP) is 3.90. The summed E-state index contributed by atoms with van der Waals surface area (Å²) in [4.78, 5) is 4.54. The minimum Gasteiger partial charge on any atom is -0.508 e. The first-order chi connectivity index (χ1) is 10.2. The summed E-state index contributed by atoms with van der Waals surface area (Å²) in [6.45, 7) is 0. The third-order valence-corrected chi connectivity index (χ3v) is 3.05. The van der Waals surface area contributed by atoms with Gasteiger partial charge in [0.05, 0.1) is 5.69 Å². The molecule has 4 nitrogen and oxygen atoms in total. The molecule has 1 aromatic heterocycles. The van der Waals surface area contributed by atoms with Gasteiger partial charge in [0.1, 0.15) is 17.3 Å². The second kappa shape index (κ2) is 5.54. The Morgan fingerprint density at radius 3 is 2.00 bits per heavy atom. The molecule has 3 N–H and O–H groups in total. The number of pyridine rings is 1. The Morgan fingerprint density at radius 2 is 1.33 bits per heavy atom. The van der Waals surface area contributed by atoms with E-state index in [2.05, 4.69) is 10.3 Å². The first kappa shape index (κ1) is 13.0. The van der Waals surface area contributed by atoms with E-state index in [1.165, 1.54) is 0 Å². The van der Waals surface area contributed by atoms with Crippen molar-refractivity contribution in [1.82, 2.24) is 4.98 Å². The van der Waals surface area contributed by atoms with Crippen LogP contribution in [-0.2, 0) is 0 Å². The smallest absolute Gasteiger partial charge is 0.131 e. The fraction of sp³-hybridized carbons (Fsp3) is 0. The van der Waals surface area contributed by atoms with Crippen LogP contribution in [0.15, 0.2) is 66.7 Å². The largest absolute Gasteiger partial charge is 0.508 e. The lowest BCUT2D eigenvalue weighted by atomic mass is 10.1. The quantitative estimate of drug-likeness (QED) is 0.636. The lowest BCUT2D eigenvalue weighted by molar-refractivity contribution is 0.475. The molecule has 0 bridgehead atoms. The number of phenols is 2. The van der Waals surface area contributed by atoms with Gasteiger partial charge in [-0.15, -0.1) is 0 Å². The first-order valence-corrected chi connectivity index (χ1v) is 6.53. The number of phenolic OH excluding ortho intramolecular Hbond substituents is 2. The summed E-state index contributed by atoms with van der Waals surface area (Å²) in [6, 6.07) is 19.4. The fourth-order valence-corrected chi connectivity index (χ4v) is 1.99. The van der Waals surface area contributed by atoms with Crippen molar-refractivity contribution in [3.05, 3.63) is 66.7 Å². The third kappa shape index (κ3) is 3.12. The molecule has 0 saturated carbocycles. The molecule has 0 aliphatic carbocycles. The Bertz CT molecular complexity index is 737. The number of aromatic hydroxyl groups is 2. The molecule has 0 atom stereocenters. The van der Waals surface area contributed by atoms with Crippen molar-refractivity contribution in [2.75, 3.05) is 5.32 Å². The number of nitrogens with one attached hydrogen (secondary N) is 1. The van der Waals surface area contributed by atoms with Gasteiger partial charge in [-0.3, -0.25) is 0 Å². The second-order valence-electron chi connectivity index (χ2n) is 4.63. The van der Waals surface area contributed by atoms with Gasteiger partial charge in [0.15, 0.2) is 0 Å². The van der Waals surface area contributed by atoms with Crippen molar-refractivity contribution in [2.24, 2.45) is 0 Å². The molecule has 4 heteroatoms. The van der Waals surface area contributed by atoms with Crippen LogP contribution >= 0.6 is 0 Å². The Hall–Kier alpha value is -3.01. The van der Waals surface area contributed by atoms with Crippen LogP contribution in [0.1, 0.15) is 0 Å². The molecule has 0 saturated heterocycles. The van der Waals surface area contributed by atoms with Gasteiger partial charge in [-0.1, -0.05) is 6.07 Å². The summed E-state index contributed by atoms with van der Waals surface area (Å²) in [5.74, 6) is 1.18. The summed E-state index contributed by atoms with van der Waals surface area (Å²) in [5.41, 5.74) is 2.60. The molecule has 2 aromatic carbocycles. The van der Waals surface area contributed by atoms with Crippen LogP contribution in [0.5, 0.6) is 11.5 Å². The zero-order valence-electron chi connectivity index (χ0n) is 11.2.